The number of likely N-dealkylation sites (N-methyl/N-ethyl adjacent to an activating group) is 1. The van der Waals surface area contributed by atoms with Crippen LogP contribution in [0.1, 0.15) is 62.1 Å². The molecular formula is C27H36F2N2. The predicted octanol–water partition coefficient (Wildman–Crippen LogP) is 6.66. The van der Waals surface area contributed by atoms with Crippen molar-refractivity contribution in [2.75, 3.05) is 19.6 Å². The molecule has 31 heavy (non-hydrogen) atoms. The van der Waals surface area contributed by atoms with Crippen LogP contribution in [0.3, 0.4) is 0 Å². The number of benzene rings is 2. The molecule has 4 heteroatoms. The highest BCUT2D eigenvalue weighted by molar-refractivity contribution is 5.28. The summed E-state index contributed by atoms with van der Waals surface area (Å²) < 4.78 is 28.3. The zero-order valence-electron chi connectivity index (χ0n) is 18.9. The van der Waals surface area contributed by atoms with Crippen LogP contribution in [0.25, 0.3) is 0 Å². The number of hydrogen-bond donors (Lipinski definition) is 0. The number of halogens is 2. The molecule has 0 amide bonds. The van der Waals surface area contributed by atoms with E-state index in [0.29, 0.717) is 19.3 Å². The summed E-state index contributed by atoms with van der Waals surface area (Å²) in [5.74, 6) is -0.573. The van der Waals surface area contributed by atoms with Gasteiger partial charge in [-0.05, 0) is 68.3 Å². The third-order valence-electron chi connectivity index (χ3n) is 6.05. The largest absolute Gasteiger partial charge is 0.303 e. The molecule has 0 saturated heterocycles. The van der Waals surface area contributed by atoms with Crippen LogP contribution in [-0.4, -0.2) is 36.9 Å². The van der Waals surface area contributed by atoms with E-state index in [-0.39, 0.29) is 0 Å². The van der Waals surface area contributed by atoms with Gasteiger partial charge in [-0.1, -0.05) is 61.5 Å². The zero-order chi connectivity index (χ0) is 22.5. The number of aryl methyl sites for hydroxylation is 1. The number of nitrogens with zero attached hydrogens (tertiary/aromatic N) is 2. The van der Waals surface area contributed by atoms with Crippen LogP contribution in [0.2, 0.25) is 0 Å². The van der Waals surface area contributed by atoms with E-state index < -0.39 is 18.3 Å². The summed E-state index contributed by atoms with van der Waals surface area (Å²) >= 11 is 0. The van der Waals surface area contributed by atoms with Crippen LogP contribution >= 0.6 is 0 Å². The van der Waals surface area contributed by atoms with E-state index in [1.807, 2.05) is 12.1 Å². The highest BCUT2D eigenvalue weighted by Crippen LogP contribution is 2.37. The van der Waals surface area contributed by atoms with Gasteiger partial charge in [0.2, 0.25) is 0 Å². The molecule has 1 fully saturated rings. The molecule has 168 valence electrons. The van der Waals surface area contributed by atoms with Gasteiger partial charge in [-0.2, -0.15) is 5.26 Å². The van der Waals surface area contributed by atoms with Gasteiger partial charge >= 0.3 is 0 Å². The van der Waals surface area contributed by atoms with Gasteiger partial charge in [-0.25, -0.2) is 8.78 Å². The highest BCUT2D eigenvalue weighted by atomic mass is 19.1. The van der Waals surface area contributed by atoms with Crippen molar-refractivity contribution in [3.05, 3.63) is 71.3 Å². The molecule has 1 saturated carbocycles. The van der Waals surface area contributed by atoms with Crippen LogP contribution in [0, 0.1) is 11.3 Å². The van der Waals surface area contributed by atoms with Gasteiger partial charge in [-0.15, -0.1) is 0 Å². The Bertz CT molecular complexity index is 760. The predicted molar refractivity (Wildman–Crippen MR) is 125 cm³/mol. The Hall–Kier alpha value is -2.25. The maximum atomic E-state index is 14.2. The smallest absolute Gasteiger partial charge is 0.110 e. The third kappa shape index (κ3) is 8.42. The van der Waals surface area contributed by atoms with Gasteiger partial charge in [-0.3, -0.25) is 0 Å². The molecule has 0 aromatic heterocycles. The first-order valence-corrected chi connectivity index (χ1v) is 11.5. The van der Waals surface area contributed by atoms with E-state index in [1.165, 1.54) is 18.1 Å². The summed E-state index contributed by atoms with van der Waals surface area (Å²) in [5, 5.41) is 7.32. The average molecular weight is 427 g/mol. The molecule has 1 aliphatic rings. The second kappa shape index (κ2) is 13.9. The minimum Gasteiger partial charge on any atom is -0.303 e. The van der Waals surface area contributed by atoms with E-state index >= 15 is 0 Å². The minimum atomic E-state index is -1.04. The summed E-state index contributed by atoms with van der Waals surface area (Å²) in [7, 11) is 0. The molecule has 1 aliphatic carbocycles. The van der Waals surface area contributed by atoms with Crippen LogP contribution in [0.5, 0.6) is 0 Å². The molecule has 2 atom stereocenters. The first-order chi connectivity index (χ1) is 15.1. The van der Waals surface area contributed by atoms with E-state index in [4.69, 9.17) is 5.26 Å². The van der Waals surface area contributed by atoms with Crippen molar-refractivity contribution in [3.8, 4) is 6.07 Å². The fourth-order valence-corrected chi connectivity index (χ4v) is 4.28. The van der Waals surface area contributed by atoms with Crippen LogP contribution in [0.15, 0.2) is 54.6 Å². The SMILES string of the molecule is CC#N.CCN(CCCc1ccc(C2C(F)CCCC2F)cc1)CCc1ccccc1. The lowest BCUT2D eigenvalue weighted by Gasteiger charge is -2.29. The lowest BCUT2D eigenvalue weighted by atomic mass is 9.81. The van der Waals surface area contributed by atoms with Crippen LogP contribution in [0.4, 0.5) is 8.78 Å². The van der Waals surface area contributed by atoms with E-state index in [9.17, 15) is 8.78 Å². The number of rotatable bonds is 9. The number of nitriles is 1. The monoisotopic (exact) mass is 426 g/mol. The van der Waals surface area contributed by atoms with Crippen molar-refractivity contribution in [2.45, 2.75) is 70.6 Å². The van der Waals surface area contributed by atoms with Gasteiger partial charge in [0, 0.05) is 19.4 Å². The van der Waals surface area contributed by atoms with Gasteiger partial charge in [0.1, 0.15) is 12.3 Å². The molecule has 0 aliphatic heterocycles. The molecule has 2 nitrogen and oxygen atoms in total. The molecular weight excluding hydrogens is 390 g/mol. The average Bonchev–Trinajstić information content (AvgIpc) is 2.78. The summed E-state index contributed by atoms with van der Waals surface area (Å²) in [6.45, 7) is 6.86. The Labute approximate surface area is 186 Å². The first-order valence-electron chi connectivity index (χ1n) is 11.5. The lowest BCUT2D eigenvalue weighted by Crippen LogP contribution is -2.28. The number of alkyl halides is 2. The summed E-state index contributed by atoms with van der Waals surface area (Å²) in [5.41, 5.74) is 3.46. The standard InChI is InChI=1S/C25H33F2N.C2H3N/c1-2-28(19-17-20-8-4-3-5-9-20)18-7-10-21-13-15-22(16-14-21)25-23(26)11-6-12-24(25)27;1-2-3/h3-5,8-9,13-16,23-25H,2,6-7,10-12,17-19H2,1H3;1H3. The molecule has 0 spiro atoms. The van der Waals surface area contributed by atoms with Crippen molar-refractivity contribution < 1.29 is 8.78 Å². The van der Waals surface area contributed by atoms with Crippen molar-refractivity contribution in [1.82, 2.24) is 4.90 Å². The zero-order valence-corrected chi connectivity index (χ0v) is 18.9. The van der Waals surface area contributed by atoms with Gasteiger partial charge < -0.3 is 4.90 Å². The van der Waals surface area contributed by atoms with E-state index in [2.05, 4.69) is 54.3 Å². The molecule has 0 radical (unpaired) electrons. The summed E-state index contributed by atoms with van der Waals surface area (Å²) in [4.78, 5) is 2.49. The lowest BCUT2D eigenvalue weighted by molar-refractivity contribution is 0.124. The minimum absolute atomic E-state index is 0.489. The van der Waals surface area contributed by atoms with Crippen molar-refractivity contribution in [1.29, 1.82) is 5.26 Å². The number of hydrogen-bond acceptors (Lipinski definition) is 2. The second-order valence-electron chi connectivity index (χ2n) is 8.23. The molecule has 2 aromatic carbocycles. The molecule has 2 aromatic rings. The summed E-state index contributed by atoms with van der Waals surface area (Å²) in [6, 6.07) is 20.4. The van der Waals surface area contributed by atoms with Crippen LogP contribution < -0.4 is 0 Å². The first kappa shape index (κ1) is 25.0. The second-order valence-corrected chi connectivity index (χ2v) is 8.23. The van der Waals surface area contributed by atoms with Crippen LogP contribution in [-0.2, 0) is 12.8 Å². The highest BCUT2D eigenvalue weighted by Gasteiger charge is 2.34. The molecule has 0 bridgehead atoms. The Balaban J connectivity index is 0.00000107. The van der Waals surface area contributed by atoms with Crippen molar-refractivity contribution in [3.63, 3.8) is 0 Å². The third-order valence-corrected chi connectivity index (χ3v) is 6.05. The Kier molecular flexibility index (Phi) is 11.2. The Morgan fingerprint density at radius 1 is 0.903 bits per heavy atom. The van der Waals surface area contributed by atoms with Gasteiger partial charge in [0.25, 0.3) is 0 Å². The van der Waals surface area contributed by atoms with Crippen molar-refractivity contribution >= 4 is 0 Å². The quantitative estimate of drug-likeness (QED) is 0.448. The normalized spacial score (nSPS) is 20.6. The molecule has 3 rings (SSSR count). The maximum Gasteiger partial charge on any atom is 0.110 e. The van der Waals surface area contributed by atoms with Gasteiger partial charge in [0.15, 0.2) is 0 Å². The fraction of sp³-hybridized carbons (Fsp3) is 0.519. The fourth-order valence-electron chi connectivity index (χ4n) is 4.28. The van der Waals surface area contributed by atoms with E-state index in [0.717, 1.165) is 44.5 Å². The topological polar surface area (TPSA) is 27.0 Å². The summed E-state index contributed by atoms with van der Waals surface area (Å²) in [6.07, 6.45) is 2.74. The molecule has 0 heterocycles. The molecule has 0 N–H and O–H groups in total. The Morgan fingerprint density at radius 2 is 1.48 bits per heavy atom. The maximum absolute atomic E-state index is 14.2. The molecule has 2 unspecified atom stereocenters. The Morgan fingerprint density at radius 3 is 2.06 bits per heavy atom. The van der Waals surface area contributed by atoms with E-state index in [1.54, 1.807) is 6.07 Å². The van der Waals surface area contributed by atoms with Crippen molar-refractivity contribution in [2.24, 2.45) is 0 Å². The van der Waals surface area contributed by atoms with Gasteiger partial charge in [0.05, 0.1) is 6.07 Å².